The minimum Gasteiger partial charge on any atom is -0.493 e. The van der Waals surface area contributed by atoms with Gasteiger partial charge < -0.3 is 18.8 Å². The van der Waals surface area contributed by atoms with Crippen LogP contribution in [0, 0.1) is 6.92 Å². The molecule has 0 saturated heterocycles. The first-order valence-corrected chi connectivity index (χ1v) is 10.2. The number of para-hydroxylation sites is 1. The molecule has 164 valence electrons. The molecule has 5 nitrogen and oxygen atoms in total. The topological polar surface area (TPSA) is 49.7 Å². The van der Waals surface area contributed by atoms with Crippen molar-refractivity contribution < 1.29 is 19.0 Å². The van der Waals surface area contributed by atoms with Crippen molar-refractivity contribution in [2.75, 3.05) is 27.9 Å². The number of allylic oxidation sites excluding steroid dienone is 4. The van der Waals surface area contributed by atoms with Gasteiger partial charge in [0.1, 0.15) is 0 Å². The van der Waals surface area contributed by atoms with Crippen LogP contribution in [-0.2, 0) is 4.74 Å². The van der Waals surface area contributed by atoms with Gasteiger partial charge in [0.15, 0.2) is 17.8 Å². The molecule has 0 aliphatic carbocycles. The minimum atomic E-state index is 0.0568. The number of methoxy groups -OCH3 is 3. The van der Waals surface area contributed by atoms with Gasteiger partial charge in [-0.15, -0.1) is 0 Å². The Balaban J connectivity index is 0.00000103. The van der Waals surface area contributed by atoms with E-state index in [4.69, 9.17) is 9.47 Å². The first-order valence-electron chi connectivity index (χ1n) is 10.2. The Morgan fingerprint density at radius 2 is 1.80 bits per heavy atom. The van der Waals surface area contributed by atoms with Gasteiger partial charge in [-0.05, 0) is 38.5 Å². The van der Waals surface area contributed by atoms with Crippen LogP contribution < -0.4 is 9.47 Å². The van der Waals surface area contributed by atoms with Crippen LogP contribution in [0.1, 0.15) is 54.9 Å². The van der Waals surface area contributed by atoms with Crippen molar-refractivity contribution in [2.45, 2.75) is 40.0 Å². The lowest BCUT2D eigenvalue weighted by Gasteiger charge is -2.19. The fourth-order valence-corrected chi connectivity index (χ4v) is 3.15. The maximum Gasteiger partial charge on any atom is 0.184 e. The number of benzene rings is 1. The first-order chi connectivity index (χ1) is 14.5. The van der Waals surface area contributed by atoms with Crippen LogP contribution in [0.15, 0.2) is 48.6 Å². The lowest BCUT2D eigenvalue weighted by molar-refractivity contribution is 0.112. The molecule has 0 saturated carbocycles. The van der Waals surface area contributed by atoms with Crippen molar-refractivity contribution in [3.63, 3.8) is 0 Å². The van der Waals surface area contributed by atoms with E-state index >= 15 is 0 Å². The number of aryl methyl sites for hydroxylation is 1. The number of rotatable bonds is 9. The Labute approximate surface area is 181 Å². The molecule has 0 N–H and O–H groups in total. The summed E-state index contributed by atoms with van der Waals surface area (Å²) >= 11 is 0. The zero-order chi connectivity index (χ0) is 22.5. The summed E-state index contributed by atoms with van der Waals surface area (Å²) in [6.45, 7) is 8.95. The Morgan fingerprint density at radius 1 is 1.10 bits per heavy atom. The molecular weight excluding hydrogens is 378 g/mol. The standard InChI is InChI=1S/C22H27NO3.C3H8O/c1-6-7-8-9-11-16(2)21-18(15-24)14-17(3)23(21)19-12-10-13-20(25-4)22(19)26-5;1-3-4-2/h7-16H,6H2,1-5H3;3H2,1-2H3/b8-7-,11-9-;. The molecule has 0 aliphatic heterocycles. The summed E-state index contributed by atoms with van der Waals surface area (Å²) in [6, 6.07) is 7.67. The van der Waals surface area contributed by atoms with E-state index in [2.05, 4.69) is 35.3 Å². The number of nitrogens with zero attached hydrogens (tertiary/aromatic N) is 1. The fourth-order valence-electron chi connectivity index (χ4n) is 3.15. The van der Waals surface area contributed by atoms with Crippen LogP contribution in [-0.4, -0.2) is 38.8 Å². The molecule has 1 aromatic heterocycles. The summed E-state index contributed by atoms with van der Waals surface area (Å²) in [5.41, 5.74) is 3.45. The van der Waals surface area contributed by atoms with Gasteiger partial charge in [-0.3, -0.25) is 4.79 Å². The quantitative estimate of drug-likeness (QED) is 0.380. The van der Waals surface area contributed by atoms with Gasteiger partial charge in [0.05, 0.1) is 19.9 Å². The number of aldehydes is 1. The highest BCUT2D eigenvalue weighted by Crippen LogP contribution is 2.37. The van der Waals surface area contributed by atoms with E-state index in [1.54, 1.807) is 21.3 Å². The Hall–Kier alpha value is -2.79. The van der Waals surface area contributed by atoms with Gasteiger partial charge in [0.2, 0.25) is 0 Å². The van der Waals surface area contributed by atoms with E-state index in [-0.39, 0.29) is 5.92 Å². The smallest absolute Gasteiger partial charge is 0.184 e. The largest absolute Gasteiger partial charge is 0.493 e. The van der Waals surface area contributed by atoms with Gasteiger partial charge in [0, 0.05) is 36.6 Å². The molecule has 0 amide bonds. The molecule has 2 rings (SSSR count). The molecule has 0 spiro atoms. The van der Waals surface area contributed by atoms with E-state index in [1.807, 2.05) is 50.3 Å². The van der Waals surface area contributed by atoms with Crippen molar-refractivity contribution in [3.8, 4) is 17.2 Å². The van der Waals surface area contributed by atoms with Crippen LogP contribution in [0.2, 0.25) is 0 Å². The lowest BCUT2D eigenvalue weighted by Crippen LogP contribution is -2.08. The van der Waals surface area contributed by atoms with Crippen molar-refractivity contribution >= 4 is 6.29 Å². The van der Waals surface area contributed by atoms with Gasteiger partial charge >= 0.3 is 0 Å². The van der Waals surface area contributed by atoms with Gasteiger partial charge in [-0.1, -0.05) is 44.2 Å². The maximum absolute atomic E-state index is 11.7. The predicted molar refractivity (Wildman–Crippen MR) is 124 cm³/mol. The van der Waals surface area contributed by atoms with Crippen LogP contribution in [0.4, 0.5) is 0 Å². The van der Waals surface area contributed by atoms with E-state index < -0.39 is 0 Å². The zero-order valence-corrected chi connectivity index (χ0v) is 19.3. The highest BCUT2D eigenvalue weighted by molar-refractivity contribution is 5.79. The van der Waals surface area contributed by atoms with Crippen molar-refractivity contribution in [1.82, 2.24) is 4.57 Å². The monoisotopic (exact) mass is 413 g/mol. The Kier molecular flexibility index (Phi) is 11.3. The number of hydrogen-bond acceptors (Lipinski definition) is 4. The molecular formula is C25H35NO4. The second-order valence-electron chi connectivity index (χ2n) is 6.68. The SMILES string of the molecule is CC/C=C\C=C/C(C)c1c(C=O)cc(C)n1-c1cccc(OC)c1OC.CCOC. The number of carbonyl (C=O) groups excluding carboxylic acids is 1. The van der Waals surface area contributed by atoms with Crippen molar-refractivity contribution in [2.24, 2.45) is 0 Å². The van der Waals surface area contributed by atoms with Crippen LogP contribution in [0.3, 0.4) is 0 Å². The first kappa shape index (κ1) is 25.2. The fraction of sp³-hybridized carbons (Fsp3) is 0.400. The van der Waals surface area contributed by atoms with Crippen molar-refractivity contribution in [1.29, 1.82) is 0 Å². The molecule has 1 aromatic carbocycles. The molecule has 0 fully saturated rings. The average molecular weight is 414 g/mol. The highest BCUT2D eigenvalue weighted by Gasteiger charge is 2.21. The minimum absolute atomic E-state index is 0.0568. The molecule has 0 aliphatic rings. The third-order valence-corrected chi connectivity index (χ3v) is 4.61. The normalized spacial score (nSPS) is 12.0. The van der Waals surface area contributed by atoms with Crippen molar-refractivity contribution in [3.05, 3.63) is 65.5 Å². The average Bonchev–Trinajstić information content (AvgIpc) is 3.12. The maximum atomic E-state index is 11.7. The highest BCUT2D eigenvalue weighted by atomic mass is 16.5. The second kappa shape index (κ2) is 13.4. The Morgan fingerprint density at radius 3 is 2.33 bits per heavy atom. The van der Waals surface area contributed by atoms with E-state index in [1.165, 1.54) is 0 Å². The second-order valence-corrected chi connectivity index (χ2v) is 6.68. The molecule has 1 heterocycles. The van der Waals surface area contributed by atoms with E-state index in [9.17, 15) is 4.79 Å². The van der Waals surface area contributed by atoms with Crippen LogP contribution >= 0.6 is 0 Å². The van der Waals surface area contributed by atoms with E-state index in [0.717, 1.165) is 36.4 Å². The predicted octanol–water partition coefficient (Wildman–Crippen LogP) is 5.89. The van der Waals surface area contributed by atoms with Gasteiger partial charge in [-0.2, -0.15) is 0 Å². The molecule has 30 heavy (non-hydrogen) atoms. The summed E-state index contributed by atoms with van der Waals surface area (Å²) in [5, 5.41) is 0. The molecule has 5 heteroatoms. The molecule has 1 unspecified atom stereocenters. The summed E-state index contributed by atoms with van der Waals surface area (Å²) in [7, 11) is 4.92. The Bertz CT molecular complexity index is 847. The van der Waals surface area contributed by atoms with E-state index in [0.29, 0.717) is 17.1 Å². The van der Waals surface area contributed by atoms with Crippen LogP contribution in [0.5, 0.6) is 11.5 Å². The summed E-state index contributed by atoms with van der Waals surface area (Å²) in [4.78, 5) is 11.7. The summed E-state index contributed by atoms with van der Waals surface area (Å²) in [6.07, 6.45) is 10.2. The number of ether oxygens (including phenoxy) is 3. The molecule has 0 radical (unpaired) electrons. The lowest BCUT2D eigenvalue weighted by atomic mass is 10.0. The summed E-state index contributed by atoms with van der Waals surface area (Å²) < 4.78 is 17.7. The third kappa shape index (κ3) is 6.36. The molecule has 0 bridgehead atoms. The third-order valence-electron chi connectivity index (χ3n) is 4.61. The van der Waals surface area contributed by atoms with Crippen LogP contribution in [0.25, 0.3) is 5.69 Å². The number of carbonyl (C=O) groups is 1. The zero-order valence-electron chi connectivity index (χ0n) is 19.3. The number of aromatic nitrogens is 1. The molecule has 2 aromatic rings. The number of hydrogen-bond donors (Lipinski definition) is 0. The van der Waals surface area contributed by atoms with Gasteiger partial charge in [-0.25, -0.2) is 0 Å². The van der Waals surface area contributed by atoms with Gasteiger partial charge in [0.25, 0.3) is 0 Å². The summed E-state index contributed by atoms with van der Waals surface area (Å²) in [5.74, 6) is 1.36. The molecule has 1 atom stereocenters.